The van der Waals surface area contributed by atoms with Crippen molar-refractivity contribution in [3.8, 4) is 5.75 Å². The van der Waals surface area contributed by atoms with Crippen LogP contribution in [0, 0.1) is 0 Å². The Kier molecular flexibility index (Phi) is 4.00. The van der Waals surface area contributed by atoms with E-state index in [1.54, 1.807) is 0 Å². The van der Waals surface area contributed by atoms with E-state index in [0.29, 0.717) is 6.61 Å². The Morgan fingerprint density at radius 3 is 2.82 bits per heavy atom. The molecule has 1 unspecified atom stereocenters. The molecule has 0 saturated heterocycles. The van der Waals surface area contributed by atoms with Crippen LogP contribution in [0.4, 0.5) is 0 Å². The van der Waals surface area contributed by atoms with Gasteiger partial charge in [0.1, 0.15) is 23.3 Å². The summed E-state index contributed by atoms with van der Waals surface area (Å²) in [5, 5.41) is 0. The highest BCUT2D eigenvalue weighted by atomic mass is 32.2. The lowest BCUT2D eigenvalue weighted by Gasteiger charge is -2.34. The van der Waals surface area contributed by atoms with Gasteiger partial charge in [-0.1, -0.05) is 24.3 Å². The fourth-order valence-electron chi connectivity index (χ4n) is 3.14. The van der Waals surface area contributed by atoms with Gasteiger partial charge in [0.15, 0.2) is 0 Å². The summed E-state index contributed by atoms with van der Waals surface area (Å²) >= 11 is 0. The van der Waals surface area contributed by atoms with Gasteiger partial charge >= 0.3 is 0 Å². The molecule has 4 heteroatoms. The van der Waals surface area contributed by atoms with Crippen molar-refractivity contribution in [2.75, 3.05) is 13.2 Å². The van der Waals surface area contributed by atoms with Crippen LogP contribution in [0.15, 0.2) is 48.1 Å². The van der Waals surface area contributed by atoms with E-state index in [2.05, 4.69) is 17.0 Å². The molecule has 0 amide bonds. The molecule has 2 heterocycles. The average Bonchev–Trinajstić information content (AvgIpc) is 2.85. The molecular formula is C18H23NO2S. The van der Waals surface area contributed by atoms with Crippen molar-refractivity contribution in [2.45, 2.75) is 38.0 Å². The fourth-order valence-corrected chi connectivity index (χ4v) is 4.55. The molecule has 22 heavy (non-hydrogen) atoms. The summed E-state index contributed by atoms with van der Waals surface area (Å²) in [6, 6.07) is 8.16. The lowest BCUT2D eigenvalue weighted by atomic mass is 9.95. The molecule has 2 atom stereocenters. The topological polar surface area (TPSA) is 29.5 Å². The summed E-state index contributed by atoms with van der Waals surface area (Å²) < 4.78 is 20.8. The Morgan fingerprint density at radius 1 is 1.41 bits per heavy atom. The third-order valence-electron chi connectivity index (χ3n) is 4.14. The standard InChI is InChI=1S/C18H23NO2S/c1-5-8-13-11-19(22(20)18(2,3)4)17-14-9-6-7-10-16(14)21-12-15(13)17/h5-7,9-10,17H,1,8,11-12H2,2-4H3/t17-,22?/m1/s1. The quantitative estimate of drug-likeness (QED) is 0.794. The number of ether oxygens (including phenoxy) is 1. The van der Waals surface area contributed by atoms with Crippen LogP contribution >= 0.6 is 0 Å². The van der Waals surface area contributed by atoms with Crippen LogP contribution in [0.2, 0.25) is 0 Å². The molecule has 3 nitrogen and oxygen atoms in total. The van der Waals surface area contributed by atoms with E-state index in [-0.39, 0.29) is 10.8 Å². The van der Waals surface area contributed by atoms with Crippen LogP contribution in [0.3, 0.4) is 0 Å². The van der Waals surface area contributed by atoms with Crippen molar-refractivity contribution in [1.82, 2.24) is 4.31 Å². The zero-order chi connectivity index (χ0) is 15.9. The molecule has 0 N–H and O–H groups in total. The van der Waals surface area contributed by atoms with Crippen LogP contribution in [-0.2, 0) is 11.0 Å². The normalized spacial score (nSPS) is 22.8. The highest BCUT2D eigenvalue weighted by molar-refractivity contribution is 7.84. The van der Waals surface area contributed by atoms with Crippen LogP contribution < -0.4 is 4.74 Å². The molecular weight excluding hydrogens is 294 g/mol. The first-order valence-electron chi connectivity index (χ1n) is 7.65. The summed E-state index contributed by atoms with van der Waals surface area (Å²) in [6.45, 7) is 11.3. The number of benzene rings is 1. The van der Waals surface area contributed by atoms with Crippen molar-refractivity contribution < 1.29 is 8.95 Å². The number of allylic oxidation sites excluding steroid dienone is 1. The van der Waals surface area contributed by atoms with E-state index in [0.717, 1.165) is 24.3 Å². The molecule has 118 valence electrons. The fraction of sp³-hybridized carbons (Fsp3) is 0.444. The second kappa shape index (κ2) is 5.67. The van der Waals surface area contributed by atoms with E-state index in [1.807, 2.05) is 45.0 Å². The van der Waals surface area contributed by atoms with Gasteiger partial charge < -0.3 is 4.74 Å². The van der Waals surface area contributed by atoms with Gasteiger partial charge in [0, 0.05) is 12.1 Å². The van der Waals surface area contributed by atoms with Crippen molar-refractivity contribution in [3.63, 3.8) is 0 Å². The Hall–Kier alpha value is -1.39. The molecule has 0 radical (unpaired) electrons. The molecule has 0 spiro atoms. The van der Waals surface area contributed by atoms with Crippen molar-refractivity contribution >= 4 is 11.0 Å². The number of rotatable bonds is 3. The van der Waals surface area contributed by atoms with Crippen LogP contribution in [0.1, 0.15) is 38.8 Å². The van der Waals surface area contributed by atoms with E-state index < -0.39 is 11.0 Å². The van der Waals surface area contributed by atoms with Gasteiger partial charge in [-0.05, 0) is 44.4 Å². The molecule has 1 aromatic rings. The van der Waals surface area contributed by atoms with Crippen molar-refractivity contribution in [3.05, 3.63) is 53.6 Å². The van der Waals surface area contributed by atoms with Crippen LogP contribution in [0.25, 0.3) is 0 Å². The van der Waals surface area contributed by atoms with Gasteiger partial charge in [-0.25, -0.2) is 8.51 Å². The first-order valence-corrected chi connectivity index (χ1v) is 8.76. The number of hydrogen-bond donors (Lipinski definition) is 0. The van der Waals surface area contributed by atoms with E-state index in [4.69, 9.17) is 4.74 Å². The minimum absolute atomic E-state index is 0.0694. The van der Waals surface area contributed by atoms with Crippen molar-refractivity contribution in [2.24, 2.45) is 0 Å². The lowest BCUT2D eigenvalue weighted by Crippen LogP contribution is -2.39. The molecule has 0 fully saturated rings. The van der Waals surface area contributed by atoms with Crippen LogP contribution in [0.5, 0.6) is 5.75 Å². The zero-order valence-electron chi connectivity index (χ0n) is 13.5. The maximum atomic E-state index is 13.0. The Bertz CT molecular complexity index is 657. The van der Waals surface area contributed by atoms with Gasteiger partial charge in [-0.2, -0.15) is 0 Å². The van der Waals surface area contributed by atoms with Gasteiger partial charge in [0.2, 0.25) is 0 Å². The summed E-state index contributed by atoms with van der Waals surface area (Å²) in [5.41, 5.74) is 3.68. The van der Waals surface area contributed by atoms with Gasteiger partial charge in [0.05, 0.1) is 10.8 Å². The first-order chi connectivity index (χ1) is 10.4. The minimum Gasteiger partial charge on any atom is -0.489 e. The number of nitrogens with zero attached hydrogens (tertiary/aromatic N) is 1. The molecule has 0 aliphatic carbocycles. The third kappa shape index (κ3) is 2.55. The van der Waals surface area contributed by atoms with E-state index in [9.17, 15) is 4.21 Å². The maximum Gasteiger partial charge on any atom is 0.124 e. The Morgan fingerprint density at radius 2 is 2.14 bits per heavy atom. The zero-order valence-corrected chi connectivity index (χ0v) is 14.3. The molecule has 0 bridgehead atoms. The summed E-state index contributed by atoms with van der Waals surface area (Å²) in [5.74, 6) is 0.909. The molecule has 2 aliphatic rings. The van der Waals surface area contributed by atoms with Crippen molar-refractivity contribution in [1.29, 1.82) is 0 Å². The molecule has 0 saturated carbocycles. The minimum atomic E-state index is -1.06. The predicted molar refractivity (Wildman–Crippen MR) is 91.1 cm³/mol. The smallest absolute Gasteiger partial charge is 0.124 e. The third-order valence-corrected chi connectivity index (χ3v) is 5.96. The second-order valence-corrected chi connectivity index (χ2v) is 8.98. The summed E-state index contributed by atoms with van der Waals surface area (Å²) in [4.78, 5) is 0. The van der Waals surface area contributed by atoms with E-state index in [1.165, 1.54) is 11.1 Å². The maximum absolute atomic E-state index is 13.0. The monoisotopic (exact) mass is 317 g/mol. The Labute approximate surface area is 135 Å². The second-order valence-electron chi connectivity index (χ2n) is 6.79. The highest BCUT2D eigenvalue weighted by Gasteiger charge is 2.42. The van der Waals surface area contributed by atoms with Gasteiger partial charge in [0.25, 0.3) is 0 Å². The first kappa shape index (κ1) is 15.5. The highest BCUT2D eigenvalue weighted by Crippen LogP contribution is 2.46. The lowest BCUT2D eigenvalue weighted by molar-refractivity contribution is 0.291. The van der Waals surface area contributed by atoms with Crippen LogP contribution in [-0.4, -0.2) is 26.4 Å². The molecule has 3 rings (SSSR count). The number of hydrogen-bond acceptors (Lipinski definition) is 2. The van der Waals surface area contributed by atoms with Gasteiger partial charge in [-0.15, -0.1) is 6.58 Å². The summed E-state index contributed by atoms with van der Waals surface area (Å²) in [6.07, 6.45) is 2.75. The van der Waals surface area contributed by atoms with Gasteiger partial charge in [-0.3, -0.25) is 0 Å². The largest absolute Gasteiger partial charge is 0.489 e. The Balaban J connectivity index is 2.07. The average molecular weight is 317 g/mol. The van der Waals surface area contributed by atoms with E-state index >= 15 is 0 Å². The molecule has 0 aromatic heterocycles. The summed E-state index contributed by atoms with van der Waals surface area (Å²) in [7, 11) is -1.06. The molecule has 1 aromatic carbocycles. The number of para-hydroxylation sites is 1. The predicted octanol–water partition coefficient (Wildman–Crippen LogP) is 3.77. The number of fused-ring (bicyclic) bond motifs is 3. The SMILES string of the molecule is C=CCC1=C2COc3ccccc3[C@H]2N(S(=O)C(C)(C)C)C1. The molecule has 2 aliphatic heterocycles.